The van der Waals surface area contributed by atoms with E-state index >= 15 is 0 Å². The van der Waals surface area contributed by atoms with E-state index in [1.807, 2.05) is 6.07 Å². The Labute approximate surface area is 220 Å². The Balaban J connectivity index is 1.39. The summed E-state index contributed by atoms with van der Waals surface area (Å²) in [6, 6.07) is 14.0. The molecule has 2 heterocycles. The topological polar surface area (TPSA) is 77.1 Å². The lowest BCUT2D eigenvalue weighted by Gasteiger charge is -2.29. The van der Waals surface area contributed by atoms with Gasteiger partial charge >= 0.3 is 0 Å². The number of benzene rings is 3. The molecule has 5 rings (SSSR count). The first-order chi connectivity index (χ1) is 17.3. The molecule has 0 radical (unpaired) electrons. The quantitative estimate of drug-likeness (QED) is 0.268. The van der Waals surface area contributed by atoms with Gasteiger partial charge in [-0.15, -0.1) is 0 Å². The summed E-state index contributed by atoms with van der Waals surface area (Å²) in [6.45, 7) is 0.324. The van der Waals surface area contributed by atoms with Gasteiger partial charge in [-0.25, -0.2) is 9.29 Å². The fourth-order valence-corrected chi connectivity index (χ4v) is 4.55. The van der Waals surface area contributed by atoms with Crippen molar-refractivity contribution in [2.45, 2.75) is 6.61 Å². The molecule has 0 unspecified atom stereocenters. The second-order valence-corrected chi connectivity index (χ2v) is 8.90. The third-order valence-corrected chi connectivity index (χ3v) is 6.19. The number of hydrogen-bond donors (Lipinski definition) is 1. The van der Waals surface area contributed by atoms with E-state index in [9.17, 15) is 14.0 Å². The molecule has 3 aromatic rings. The number of thiocarbonyl (C=S) groups is 1. The lowest BCUT2D eigenvalue weighted by molar-refractivity contribution is -0.122. The van der Waals surface area contributed by atoms with Gasteiger partial charge in [-0.1, -0.05) is 41.4 Å². The minimum Gasteiger partial charge on any atom is -0.486 e. The van der Waals surface area contributed by atoms with E-state index in [1.54, 1.807) is 18.2 Å². The highest BCUT2D eigenvalue weighted by Gasteiger charge is 2.35. The fourth-order valence-electron chi connectivity index (χ4n) is 3.66. The molecule has 0 saturated carbocycles. The van der Waals surface area contributed by atoms with Gasteiger partial charge in [-0.3, -0.25) is 14.9 Å². The monoisotopic (exact) mass is 544 g/mol. The van der Waals surface area contributed by atoms with Crippen LogP contribution < -0.4 is 24.4 Å². The van der Waals surface area contributed by atoms with Gasteiger partial charge in [0.1, 0.15) is 18.0 Å². The summed E-state index contributed by atoms with van der Waals surface area (Å²) in [5.41, 5.74) is 0.821. The summed E-state index contributed by atoms with van der Waals surface area (Å²) < 4.78 is 30.8. The average Bonchev–Trinajstić information content (AvgIpc) is 3.30. The largest absolute Gasteiger partial charge is 0.486 e. The van der Waals surface area contributed by atoms with Crippen molar-refractivity contribution in [2.75, 3.05) is 11.7 Å². The summed E-state index contributed by atoms with van der Waals surface area (Å²) >= 11 is 17.9. The number of halogens is 3. The van der Waals surface area contributed by atoms with Gasteiger partial charge in [0, 0.05) is 0 Å². The molecule has 0 aromatic heterocycles. The van der Waals surface area contributed by atoms with E-state index in [0.29, 0.717) is 17.1 Å². The lowest BCUT2D eigenvalue weighted by atomic mass is 10.1. The molecule has 182 valence electrons. The summed E-state index contributed by atoms with van der Waals surface area (Å²) in [4.78, 5) is 26.6. The molecule has 7 nitrogen and oxygen atoms in total. The Kier molecular flexibility index (Phi) is 6.53. The van der Waals surface area contributed by atoms with Gasteiger partial charge in [0.25, 0.3) is 11.8 Å². The van der Waals surface area contributed by atoms with Crippen molar-refractivity contribution in [1.29, 1.82) is 0 Å². The van der Waals surface area contributed by atoms with Crippen LogP contribution in [0.4, 0.5) is 10.1 Å². The summed E-state index contributed by atoms with van der Waals surface area (Å²) in [5, 5.41) is 2.51. The van der Waals surface area contributed by atoms with Crippen LogP contribution in [0.5, 0.6) is 17.2 Å². The molecule has 2 aliphatic rings. The summed E-state index contributed by atoms with van der Waals surface area (Å²) in [6.07, 6.45) is 1.30. The second kappa shape index (κ2) is 9.77. The van der Waals surface area contributed by atoms with Crippen molar-refractivity contribution in [1.82, 2.24) is 5.32 Å². The predicted octanol–water partition coefficient (Wildman–Crippen LogP) is 5.27. The third kappa shape index (κ3) is 4.60. The van der Waals surface area contributed by atoms with Crippen LogP contribution in [0.25, 0.3) is 6.08 Å². The summed E-state index contributed by atoms with van der Waals surface area (Å²) in [5.74, 6) is -0.680. The van der Waals surface area contributed by atoms with Crippen molar-refractivity contribution in [3.8, 4) is 17.2 Å². The highest BCUT2D eigenvalue weighted by atomic mass is 35.5. The predicted molar refractivity (Wildman–Crippen MR) is 136 cm³/mol. The molecule has 2 amide bonds. The highest BCUT2D eigenvalue weighted by Crippen LogP contribution is 2.37. The van der Waals surface area contributed by atoms with Gasteiger partial charge < -0.3 is 14.2 Å². The number of para-hydroxylation sites is 1. The van der Waals surface area contributed by atoms with E-state index < -0.39 is 17.6 Å². The van der Waals surface area contributed by atoms with Gasteiger partial charge in [0.2, 0.25) is 6.79 Å². The molecule has 1 N–H and O–H groups in total. The van der Waals surface area contributed by atoms with E-state index in [2.05, 4.69) is 5.32 Å². The molecule has 1 fully saturated rings. The van der Waals surface area contributed by atoms with E-state index in [1.165, 1.54) is 36.4 Å². The van der Waals surface area contributed by atoms with Crippen LogP contribution in [0.15, 0.2) is 60.2 Å². The first-order valence-corrected chi connectivity index (χ1v) is 11.6. The number of anilines is 1. The van der Waals surface area contributed by atoms with E-state index in [0.717, 1.165) is 10.5 Å². The van der Waals surface area contributed by atoms with Crippen molar-refractivity contribution in [2.24, 2.45) is 0 Å². The van der Waals surface area contributed by atoms with Crippen molar-refractivity contribution in [3.05, 3.63) is 87.2 Å². The van der Waals surface area contributed by atoms with Gasteiger partial charge in [0.15, 0.2) is 22.4 Å². The normalized spacial score (nSPS) is 15.9. The number of amides is 2. The molecule has 0 aliphatic carbocycles. The zero-order chi connectivity index (χ0) is 25.4. The zero-order valence-electron chi connectivity index (χ0n) is 18.2. The maximum Gasteiger partial charge on any atom is 0.270 e. The van der Waals surface area contributed by atoms with Crippen LogP contribution >= 0.6 is 35.4 Å². The first kappa shape index (κ1) is 24.1. The van der Waals surface area contributed by atoms with E-state index in [4.69, 9.17) is 49.6 Å². The fraction of sp³-hybridized carbons (Fsp3) is 0.0800. The van der Waals surface area contributed by atoms with Gasteiger partial charge in [0.05, 0.1) is 15.7 Å². The summed E-state index contributed by atoms with van der Waals surface area (Å²) in [7, 11) is 0. The van der Waals surface area contributed by atoms with Crippen molar-refractivity contribution < 1.29 is 28.2 Å². The standard InChI is InChI=1S/C25H15Cl2FN2O5S/c26-16-8-14(9-17(27)22(16)33-11-13-5-6-20-21(10-13)35-12-34-20)7-15-23(31)29-25(36)30(24(15)32)19-4-2-1-3-18(19)28/h1-10H,11-12H2,(H,29,31,36)/b15-7+. The zero-order valence-corrected chi connectivity index (χ0v) is 20.5. The van der Waals surface area contributed by atoms with Crippen LogP contribution in [0.3, 0.4) is 0 Å². The Morgan fingerprint density at radius 2 is 1.78 bits per heavy atom. The van der Waals surface area contributed by atoms with Gasteiger partial charge in [-0.2, -0.15) is 0 Å². The number of carbonyl (C=O) groups is 2. The second-order valence-electron chi connectivity index (χ2n) is 7.70. The van der Waals surface area contributed by atoms with Gasteiger partial charge in [-0.05, 0) is 65.8 Å². The molecular formula is C25H15Cl2FN2O5S. The number of nitrogens with one attached hydrogen (secondary N) is 1. The highest BCUT2D eigenvalue weighted by molar-refractivity contribution is 7.80. The molecule has 11 heteroatoms. The SMILES string of the molecule is O=C1NC(=S)N(c2ccccc2F)C(=O)/C1=C/c1cc(Cl)c(OCc2ccc3c(c2)OCO3)c(Cl)c1. The van der Waals surface area contributed by atoms with Crippen molar-refractivity contribution in [3.63, 3.8) is 0 Å². The van der Waals surface area contributed by atoms with Crippen LogP contribution in [0.2, 0.25) is 10.0 Å². The number of nitrogens with zero attached hydrogens (tertiary/aromatic N) is 1. The number of rotatable bonds is 5. The molecule has 2 aliphatic heterocycles. The Hall–Kier alpha value is -3.66. The van der Waals surface area contributed by atoms with Crippen LogP contribution in [-0.2, 0) is 16.2 Å². The number of ether oxygens (including phenoxy) is 3. The molecule has 0 atom stereocenters. The maximum atomic E-state index is 14.3. The Morgan fingerprint density at radius 3 is 2.53 bits per heavy atom. The Morgan fingerprint density at radius 1 is 1.06 bits per heavy atom. The Bertz CT molecular complexity index is 1440. The van der Waals surface area contributed by atoms with Crippen LogP contribution in [-0.4, -0.2) is 23.7 Å². The smallest absolute Gasteiger partial charge is 0.270 e. The molecule has 0 spiro atoms. The van der Waals surface area contributed by atoms with E-state index in [-0.39, 0.29) is 45.6 Å². The molecule has 36 heavy (non-hydrogen) atoms. The average molecular weight is 545 g/mol. The molecule has 3 aromatic carbocycles. The lowest BCUT2D eigenvalue weighted by Crippen LogP contribution is -2.54. The number of carbonyl (C=O) groups excluding carboxylic acids is 2. The molecule has 1 saturated heterocycles. The maximum absolute atomic E-state index is 14.3. The minimum atomic E-state index is -0.788. The third-order valence-electron chi connectivity index (χ3n) is 5.35. The molecule has 0 bridgehead atoms. The van der Waals surface area contributed by atoms with Crippen molar-refractivity contribution >= 4 is 64.1 Å². The van der Waals surface area contributed by atoms with Crippen LogP contribution in [0.1, 0.15) is 11.1 Å². The minimum absolute atomic E-state index is 0.0817. The molecular weight excluding hydrogens is 530 g/mol. The first-order valence-electron chi connectivity index (χ1n) is 10.5. The number of hydrogen-bond acceptors (Lipinski definition) is 6. The van der Waals surface area contributed by atoms with Crippen LogP contribution in [0, 0.1) is 5.82 Å². The number of fused-ring (bicyclic) bond motifs is 1.